The Morgan fingerprint density at radius 2 is 2.06 bits per heavy atom. The molecule has 0 radical (unpaired) electrons. The van der Waals surface area contributed by atoms with Gasteiger partial charge in [-0.15, -0.1) is 11.3 Å². The average molecular weight is 248 g/mol. The fourth-order valence-electron chi connectivity index (χ4n) is 1.91. The van der Waals surface area contributed by atoms with E-state index in [2.05, 4.69) is 6.92 Å². The second-order valence-electron chi connectivity index (χ2n) is 4.24. The molecular formula is C15H17FS. The maximum Gasteiger partial charge on any atom is 0.127 e. The van der Waals surface area contributed by atoms with Crippen LogP contribution in [0.4, 0.5) is 4.39 Å². The van der Waals surface area contributed by atoms with E-state index in [9.17, 15) is 4.39 Å². The Balaban J connectivity index is 2.12. The number of benzene rings is 1. The maximum atomic E-state index is 13.9. The number of hydrogen-bond acceptors (Lipinski definition) is 1. The number of thiophene rings is 1. The molecule has 0 amide bonds. The van der Waals surface area contributed by atoms with Crippen LogP contribution in [0.5, 0.6) is 0 Å². The summed E-state index contributed by atoms with van der Waals surface area (Å²) in [4.78, 5) is 1.13. The molecule has 90 valence electrons. The smallest absolute Gasteiger partial charge is 0.127 e. The van der Waals surface area contributed by atoms with Gasteiger partial charge < -0.3 is 0 Å². The summed E-state index contributed by atoms with van der Waals surface area (Å²) in [5.74, 6) is -0.0630. The van der Waals surface area contributed by atoms with Crippen LogP contribution < -0.4 is 0 Å². The third-order valence-corrected chi connectivity index (χ3v) is 3.83. The molecular weight excluding hydrogens is 231 g/mol. The summed E-state index contributed by atoms with van der Waals surface area (Å²) in [5.41, 5.74) is 1.83. The first-order valence-corrected chi connectivity index (χ1v) is 7.01. The SMILES string of the molecule is CCCCCc1ccc(-c2cccs2)cc1F. The quantitative estimate of drug-likeness (QED) is 0.631. The molecule has 0 bridgehead atoms. The number of aryl methyl sites for hydroxylation is 1. The molecule has 17 heavy (non-hydrogen) atoms. The van der Waals surface area contributed by atoms with Gasteiger partial charge in [-0.05, 0) is 41.5 Å². The van der Waals surface area contributed by atoms with E-state index in [1.807, 2.05) is 29.6 Å². The van der Waals surface area contributed by atoms with Gasteiger partial charge in [0.25, 0.3) is 0 Å². The Morgan fingerprint density at radius 3 is 2.71 bits per heavy atom. The molecule has 0 atom stereocenters. The minimum absolute atomic E-state index is 0.0630. The van der Waals surface area contributed by atoms with Crippen molar-refractivity contribution in [3.05, 3.63) is 47.1 Å². The molecule has 2 rings (SSSR count). The van der Waals surface area contributed by atoms with Gasteiger partial charge >= 0.3 is 0 Å². The van der Waals surface area contributed by atoms with Gasteiger partial charge in [0.05, 0.1) is 0 Å². The molecule has 0 fully saturated rings. The number of rotatable bonds is 5. The molecule has 2 aromatic rings. The number of halogens is 1. The van der Waals surface area contributed by atoms with E-state index in [0.717, 1.165) is 28.8 Å². The van der Waals surface area contributed by atoms with E-state index in [0.29, 0.717) is 0 Å². The minimum Gasteiger partial charge on any atom is -0.207 e. The van der Waals surface area contributed by atoms with Crippen molar-refractivity contribution < 1.29 is 4.39 Å². The molecule has 0 aliphatic heterocycles. The van der Waals surface area contributed by atoms with Gasteiger partial charge in [-0.1, -0.05) is 38.0 Å². The molecule has 0 N–H and O–H groups in total. The Labute approximate surface area is 106 Å². The van der Waals surface area contributed by atoms with Gasteiger partial charge in [-0.25, -0.2) is 4.39 Å². The van der Waals surface area contributed by atoms with E-state index >= 15 is 0 Å². The predicted molar refractivity (Wildman–Crippen MR) is 72.9 cm³/mol. The standard InChI is InChI=1S/C15H17FS/c1-2-3-4-6-12-8-9-13(11-14(12)16)15-7-5-10-17-15/h5,7-11H,2-4,6H2,1H3. The molecule has 0 saturated carbocycles. The monoisotopic (exact) mass is 248 g/mol. The average Bonchev–Trinajstić information content (AvgIpc) is 2.85. The van der Waals surface area contributed by atoms with Crippen molar-refractivity contribution in [3.63, 3.8) is 0 Å². The van der Waals surface area contributed by atoms with Crippen LogP contribution >= 0.6 is 11.3 Å². The van der Waals surface area contributed by atoms with Crippen molar-refractivity contribution in [2.45, 2.75) is 32.6 Å². The second kappa shape index (κ2) is 5.97. The van der Waals surface area contributed by atoms with E-state index in [1.54, 1.807) is 17.4 Å². The summed E-state index contributed by atoms with van der Waals surface area (Å²) in [6.45, 7) is 2.16. The van der Waals surface area contributed by atoms with Crippen molar-refractivity contribution in [2.24, 2.45) is 0 Å². The number of hydrogen-bond donors (Lipinski definition) is 0. The lowest BCUT2D eigenvalue weighted by molar-refractivity contribution is 0.599. The molecule has 0 aliphatic carbocycles. The molecule has 1 heterocycles. The highest BCUT2D eigenvalue weighted by Crippen LogP contribution is 2.26. The van der Waals surface area contributed by atoms with E-state index in [4.69, 9.17) is 0 Å². The highest BCUT2D eigenvalue weighted by molar-refractivity contribution is 7.13. The van der Waals surface area contributed by atoms with Crippen molar-refractivity contribution >= 4 is 11.3 Å². The van der Waals surface area contributed by atoms with Gasteiger partial charge in [0.15, 0.2) is 0 Å². The zero-order valence-corrected chi connectivity index (χ0v) is 10.9. The molecule has 0 saturated heterocycles. The summed E-state index contributed by atoms with van der Waals surface area (Å²) in [6, 6.07) is 9.63. The van der Waals surface area contributed by atoms with Crippen molar-refractivity contribution in [2.75, 3.05) is 0 Å². The summed E-state index contributed by atoms with van der Waals surface area (Å²) in [7, 11) is 0. The third kappa shape index (κ3) is 3.16. The molecule has 0 nitrogen and oxygen atoms in total. The summed E-state index contributed by atoms with van der Waals surface area (Å²) in [6.07, 6.45) is 4.27. The van der Waals surface area contributed by atoms with Crippen LogP contribution in [0.1, 0.15) is 31.7 Å². The molecule has 0 unspecified atom stereocenters. The van der Waals surface area contributed by atoms with Crippen molar-refractivity contribution in [3.8, 4) is 10.4 Å². The Morgan fingerprint density at radius 1 is 1.18 bits per heavy atom. The first kappa shape index (κ1) is 12.3. The topological polar surface area (TPSA) is 0 Å². The molecule has 1 aromatic carbocycles. The maximum absolute atomic E-state index is 13.9. The first-order valence-electron chi connectivity index (χ1n) is 6.13. The zero-order valence-electron chi connectivity index (χ0n) is 10.1. The Hall–Kier alpha value is -1.15. The van der Waals surface area contributed by atoms with E-state index < -0.39 is 0 Å². The van der Waals surface area contributed by atoms with Gasteiger partial charge in [0.2, 0.25) is 0 Å². The molecule has 1 aromatic heterocycles. The lowest BCUT2D eigenvalue weighted by Crippen LogP contribution is -1.91. The predicted octanol–water partition coefficient (Wildman–Crippen LogP) is 5.29. The third-order valence-electron chi connectivity index (χ3n) is 2.91. The van der Waals surface area contributed by atoms with Gasteiger partial charge in [0, 0.05) is 4.88 Å². The normalized spacial score (nSPS) is 10.7. The lowest BCUT2D eigenvalue weighted by atomic mass is 10.0. The first-order chi connectivity index (χ1) is 8.31. The largest absolute Gasteiger partial charge is 0.207 e. The highest BCUT2D eigenvalue weighted by atomic mass is 32.1. The van der Waals surface area contributed by atoms with Crippen LogP contribution in [-0.2, 0) is 6.42 Å². The minimum atomic E-state index is -0.0630. The van der Waals surface area contributed by atoms with Crippen molar-refractivity contribution in [1.29, 1.82) is 0 Å². The summed E-state index contributed by atoms with van der Waals surface area (Å²) >= 11 is 1.65. The lowest BCUT2D eigenvalue weighted by Gasteiger charge is -2.05. The van der Waals surface area contributed by atoms with Gasteiger partial charge in [-0.3, -0.25) is 0 Å². The second-order valence-corrected chi connectivity index (χ2v) is 5.19. The van der Waals surface area contributed by atoms with E-state index in [-0.39, 0.29) is 5.82 Å². The Kier molecular flexibility index (Phi) is 4.32. The molecule has 0 spiro atoms. The fraction of sp³-hybridized carbons (Fsp3) is 0.333. The molecule has 2 heteroatoms. The number of unbranched alkanes of at least 4 members (excludes halogenated alkanes) is 2. The summed E-state index contributed by atoms with van der Waals surface area (Å²) < 4.78 is 13.9. The summed E-state index contributed by atoms with van der Waals surface area (Å²) in [5, 5.41) is 2.02. The van der Waals surface area contributed by atoms with E-state index in [1.165, 1.54) is 12.8 Å². The van der Waals surface area contributed by atoms with Crippen LogP contribution in [0.3, 0.4) is 0 Å². The fourth-order valence-corrected chi connectivity index (χ4v) is 2.64. The van der Waals surface area contributed by atoms with Crippen LogP contribution in [0.15, 0.2) is 35.7 Å². The van der Waals surface area contributed by atoms with Gasteiger partial charge in [0.1, 0.15) is 5.82 Å². The van der Waals surface area contributed by atoms with Crippen molar-refractivity contribution in [1.82, 2.24) is 0 Å². The van der Waals surface area contributed by atoms with Crippen LogP contribution in [-0.4, -0.2) is 0 Å². The molecule has 0 aliphatic rings. The highest BCUT2D eigenvalue weighted by Gasteiger charge is 2.05. The van der Waals surface area contributed by atoms with Crippen LogP contribution in [0, 0.1) is 5.82 Å². The van der Waals surface area contributed by atoms with Crippen LogP contribution in [0.25, 0.3) is 10.4 Å². The van der Waals surface area contributed by atoms with Gasteiger partial charge in [-0.2, -0.15) is 0 Å². The Bertz CT molecular complexity index is 460. The zero-order chi connectivity index (χ0) is 12.1. The van der Waals surface area contributed by atoms with Crippen LogP contribution in [0.2, 0.25) is 0 Å².